The second kappa shape index (κ2) is 9.48. The van der Waals surface area contributed by atoms with Crippen molar-refractivity contribution in [3.63, 3.8) is 0 Å². The summed E-state index contributed by atoms with van der Waals surface area (Å²) in [6, 6.07) is 15.0. The SMILES string of the molecule is Cc1ccc(-n2nnnc2SCC(=O)c2c(N)n(Cc3ccccc3)c(=O)n(C)c2=O)cc1C. The molecule has 0 fully saturated rings. The Balaban J connectivity index is 1.62. The molecule has 0 aliphatic carbocycles. The molecule has 0 saturated heterocycles. The van der Waals surface area contributed by atoms with Crippen molar-refractivity contribution in [2.75, 3.05) is 11.5 Å². The van der Waals surface area contributed by atoms with Gasteiger partial charge in [-0.15, -0.1) is 5.10 Å². The number of nitrogens with two attached hydrogens (primary N) is 1. The number of hydrogen-bond donors (Lipinski definition) is 1. The van der Waals surface area contributed by atoms with Crippen LogP contribution in [0.25, 0.3) is 5.69 Å². The Morgan fingerprint density at radius 2 is 1.79 bits per heavy atom. The van der Waals surface area contributed by atoms with Gasteiger partial charge in [-0.05, 0) is 53.1 Å². The third kappa shape index (κ3) is 4.42. The highest BCUT2D eigenvalue weighted by molar-refractivity contribution is 7.99. The van der Waals surface area contributed by atoms with E-state index in [0.717, 1.165) is 38.7 Å². The molecule has 4 aromatic rings. The molecule has 4 rings (SSSR count). The van der Waals surface area contributed by atoms with E-state index < -0.39 is 17.0 Å². The summed E-state index contributed by atoms with van der Waals surface area (Å²) < 4.78 is 3.66. The van der Waals surface area contributed by atoms with Gasteiger partial charge in [0.2, 0.25) is 5.16 Å². The van der Waals surface area contributed by atoms with E-state index in [9.17, 15) is 14.4 Å². The normalized spacial score (nSPS) is 11.0. The third-order valence-corrected chi connectivity index (χ3v) is 6.47. The number of hydrogen-bond acceptors (Lipinski definition) is 8. The minimum Gasteiger partial charge on any atom is -0.384 e. The first-order valence-corrected chi connectivity index (χ1v) is 11.4. The van der Waals surface area contributed by atoms with Gasteiger partial charge < -0.3 is 5.73 Å². The van der Waals surface area contributed by atoms with Crippen LogP contribution in [0.4, 0.5) is 5.82 Å². The summed E-state index contributed by atoms with van der Waals surface area (Å²) in [7, 11) is 1.33. The van der Waals surface area contributed by atoms with Crippen LogP contribution in [0.15, 0.2) is 63.3 Å². The van der Waals surface area contributed by atoms with E-state index in [-0.39, 0.29) is 23.7 Å². The Labute approximate surface area is 199 Å². The Morgan fingerprint density at radius 3 is 2.50 bits per heavy atom. The summed E-state index contributed by atoms with van der Waals surface area (Å²) in [4.78, 5) is 38.5. The molecule has 11 heteroatoms. The number of nitrogen functional groups attached to an aromatic ring is 1. The van der Waals surface area contributed by atoms with E-state index in [0.29, 0.717) is 5.16 Å². The van der Waals surface area contributed by atoms with Crippen LogP contribution in [0.1, 0.15) is 27.0 Å². The highest BCUT2D eigenvalue weighted by atomic mass is 32.2. The number of aryl methyl sites for hydroxylation is 2. The number of anilines is 1. The number of tetrazole rings is 1. The highest BCUT2D eigenvalue weighted by Crippen LogP contribution is 2.21. The lowest BCUT2D eigenvalue weighted by Gasteiger charge is -2.14. The molecule has 0 aliphatic rings. The fourth-order valence-electron chi connectivity index (χ4n) is 3.45. The molecule has 0 saturated carbocycles. The van der Waals surface area contributed by atoms with Gasteiger partial charge in [0.1, 0.15) is 11.4 Å². The van der Waals surface area contributed by atoms with Crippen molar-refractivity contribution in [1.29, 1.82) is 0 Å². The molecule has 0 unspecified atom stereocenters. The first-order chi connectivity index (χ1) is 16.3. The fourth-order valence-corrected chi connectivity index (χ4v) is 4.22. The zero-order chi connectivity index (χ0) is 24.4. The summed E-state index contributed by atoms with van der Waals surface area (Å²) in [5, 5.41) is 12.1. The first kappa shape index (κ1) is 23.2. The molecular weight excluding hydrogens is 454 g/mol. The van der Waals surface area contributed by atoms with Gasteiger partial charge >= 0.3 is 5.69 Å². The third-order valence-electron chi connectivity index (χ3n) is 5.55. The summed E-state index contributed by atoms with van der Waals surface area (Å²) in [6.45, 7) is 4.13. The van der Waals surface area contributed by atoms with E-state index in [4.69, 9.17) is 5.73 Å². The number of Topliss-reactive ketones (excluding diaryl/α,β-unsaturated/α-hetero) is 1. The van der Waals surface area contributed by atoms with Crippen LogP contribution in [0, 0.1) is 13.8 Å². The number of carbonyl (C=O) groups is 1. The van der Waals surface area contributed by atoms with Gasteiger partial charge in [-0.25, -0.2) is 4.79 Å². The first-order valence-electron chi connectivity index (χ1n) is 10.4. The summed E-state index contributed by atoms with van der Waals surface area (Å²) in [5.74, 6) is -0.801. The van der Waals surface area contributed by atoms with Crippen molar-refractivity contribution < 1.29 is 4.79 Å². The van der Waals surface area contributed by atoms with Crippen molar-refractivity contribution >= 4 is 23.4 Å². The van der Waals surface area contributed by atoms with Crippen LogP contribution >= 0.6 is 11.8 Å². The quantitative estimate of drug-likeness (QED) is 0.315. The molecule has 174 valence electrons. The predicted molar refractivity (Wildman–Crippen MR) is 130 cm³/mol. The zero-order valence-corrected chi connectivity index (χ0v) is 19.7. The molecule has 2 aromatic carbocycles. The minimum absolute atomic E-state index is 0.131. The maximum absolute atomic E-state index is 13.1. The Bertz CT molecular complexity index is 1490. The molecule has 2 aromatic heterocycles. The van der Waals surface area contributed by atoms with Crippen LogP contribution in [0.3, 0.4) is 0 Å². The van der Waals surface area contributed by atoms with Gasteiger partial charge in [0, 0.05) is 7.05 Å². The van der Waals surface area contributed by atoms with Gasteiger partial charge in [0.25, 0.3) is 5.56 Å². The molecule has 0 bridgehead atoms. The largest absolute Gasteiger partial charge is 0.384 e. The lowest BCUT2D eigenvalue weighted by molar-refractivity contribution is 0.102. The topological polar surface area (TPSA) is 131 Å². The molecule has 0 spiro atoms. The van der Waals surface area contributed by atoms with E-state index in [1.54, 1.807) is 0 Å². The number of aromatic nitrogens is 6. The molecule has 0 aliphatic heterocycles. The number of benzene rings is 2. The Hall–Kier alpha value is -3.99. The number of carbonyl (C=O) groups excluding carboxylic acids is 1. The summed E-state index contributed by atoms with van der Waals surface area (Å²) in [6.07, 6.45) is 0. The highest BCUT2D eigenvalue weighted by Gasteiger charge is 2.23. The van der Waals surface area contributed by atoms with Gasteiger partial charge in [-0.3, -0.25) is 18.7 Å². The average Bonchev–Trinajstić information content (AvgIpc) is 3.30. The van der Waals surface area contributed by atoms with Crippen LogP contribution in [-0.2, 0) is 13.6 Å². The lowest BCUT2D eigenvalue weighted by atomic mass is 10.1. The van der Waals surface area contributed by atoms with Crippen LogP contribution in [-0.4, -0.2) is 40.9 Å². The molecule has 2 N–H and O–H groups in total. The van der Waals surface area contributed by atoms with Crippen LogP contribution in [0.5, 0.6) is 0 Å². The van der Waals surface area contributed by atoms with E-state index in [1.165, 1.54) is 16.3 Å². The maximum atomic E-state index is 13.1. The number of ketones is 1. The second-order valence-corrected chi connectivity index (χ2v) is 8.77. The molecule has 2 heterocycles. The van der Waals surface area contributed by atoms with Crippen molar-refractivity contribution in [3.05, 3.63) is 91.6 Å². The van der Waals surface area contributed by atoms with Crippen molar-refractivity contribution in [3.8, 4) is 5.69 Å². The predicted octanol–water partition coefficient (Wildman–Crippen LogP) is 1.75. The number of rotatable bonds is 7. The van der Waals surface area contributed by atoms with Gasteiger partial charge in [-0.1, -0.05) is 48.2 Å². The van der Waals surface area contributed by atoms with E-state index >= 15 is 0 Å². The Morgan fingerprint density at radius 1 is 1.06 bits per heavy atom. The van der Waals surface area contributed by atoms with Crippen molar-refractivity contribution in [2.24, 2.45) is 7.05 Å². The molecular formula is C23H23N7O3S. The molecule has 0 atom stereocenters. The van der Waals surface area contributed by atoms with E-state index in [1.807, 2.05) is 62.4 Å². The molecule has 34 heavy (non-hydrogen) atoms. The van der Waals surface area contributed by atoms with Crippen molar-refractivity contribution in [1.82, 2.24) is 29.3 Å². The average molecular weight is 478 g/mol. The van der Waals surface area contributed by atoms with Crippen LogP contribution in [0.2, 0.25) is 0 Å². The van der Waals surface area contributed by atoms with Crippen molar-refractivity contribution in [2.45, 2.75) is 25.5 Å². The number of thioether (sulfide) groups is 1. The van der Waals surface area contributed by atoms with E-state index in [2.05, 4.69) is 15.5 Å². The van der Waals surface area contributed by atoms with Crippen LogP contribution < -0.4 is 17.0 Å². The monoisotopic (exact) mass is 477 g/mol. The lowest BCUT2D eigenvalue weighted by Crippen LogP contribution is -2.43. The Kier molecular flexibility index (Phi) is 6.46. The minimum atomic E-state index is -0.730. The zero-order valence-electron chi connectivity index (χ0n) is 18.9. The second-order valence-electron chi connectivity index (χ2n) is 7.83. The summed E-state index contributed by atoms with van der Waals surface area (Å²) in [5.41, 5.74) is 8.42. The van der Waals surface area contributed by atoms with Gasteiger partial charge in [0.05, 0.1) is 18.0 Å². The van der Waals surface area contributed by atoms with Gasteiger partial charge in [0.15, 0.2) is 5.78 Å². The molecule has 0 amide bonds. The molecule has 0 radical (unpaired) electrons. The number of nitrogens with zero attached hydrogens (tertiary/aromatic N) is 6. The van der Waals surface area contributed by atoms with Gasteiger partial charge in [-0.2, -0.15) is 4.68 Å². The maximum Gasteiger partial charge on any atom is 0.332 e. The summed E-state index contributed by atoms with van der Waals surface area (Å²) >= 11 is 1.09. The standard InChI is InChI=1S/C23H23N7O3S/c1-14-9-10-17(11-15(14)2)30-22(25-26-27-30)34-13-18(31)19-20(24)29(23(33)28(3)21(19)32)12-16-7-5-4-6-8-16/h4-11H,12-13,24H2,1-3H3. The smallest absolute Gasteiger partial charge is 0.332 e. The molecule has 10 nitrogen and oxygen atoms in total. The fraction of sp³-hybridized carbons (Fsp3) is 0.217.